The minimum absolute atomic E-state index is 0.147. The summed E-state index contributed by atoms with van der Waals surface area (Å²) in [6.07, 6.45) is -3.54. The van der Waals surface area contributed by atoms with Crippen LogP contribution in [0.15, 0.2) is 60.8 Å². The fraction of sp³-hybridized carbons (Fsp3) is 0.136. The molecule has 0 fully saturated rings. The van der Waals surface area contributed by atoms with Crippen molar-refractivity contribution >= 4 is 35.1 Å². The molecule has 35 heavy (non-hydrogen) atoms. The lowest BCUT2D eigenvalue weighted by Gasteiger charge is -2.14. The Morgan fingerprint density at radius 3 is 2.26 bits per heavy atom. The van der Waals surface area contributed by atoms with Gasteiger partial charge in [0.05, 0.1) is 17.1 Å². The van der Waals surface area contributed by atoms with Crippen LogP contribution in [0.25, 0.3) is 11.3 Å². The Morgan fingerprint density at radius 2 is 1.69 bits per heavy atom. The number of carboxylic acid groups (broad SMARTS) is 1. The van der Waals surface area contributed by atoms with Gasteiger partial charge in [0.25, 0.3) is 5.91 Å². The summed E-state index contributed by atoms with van der Waals surface area (Å²) in [5.74, 6) is -2.64. The smallest absolute Gasteiger partial charge is 0.484 e. The lowest BCUT2D eigenvalue weighted by Crippen LogP contribution is -2.21. The summed E-state index contributed by atoms with van der Waals surface area (Å²) in [6, 6.07) is 15.9. The third-order valence-corrected chi connectivity index (χ3v) is 3.93. The van der Waals surface area contributed by atoms with Crippen LogP contribution in [0.1, 0.15) is 6.92 Å². The normalized spacial score (nSPS) is 10.4. The third-order valence-electron chi connectivity index (χ3n) is 3.93. The van der Waals surface area contributed by atoms with Crippen LogP contribution < -0.4 is 21.1 Å². The fourth-order valence-electron chi connectivity index (χ4n) is 2.49. The van der Waals surface area contributed by atoms with Crippen molar-refractivity contribution < 1.29 is 37.4 Å². The Morgan fingerprint density at radius 1 is 1.03 bits per heavy atom. The van der Waals surface area contributed by atoms with Crippen LogP contribution in [0.3, 0.4) is 0 Å². The molecular weight excluding hydrogens is 471 g/mol. The first-order chi connectivity index (χ1) is 16.5. The zero-order chi connectivity index (χ0) is 26.0. The van der Waals surface area contributed by atoms with Gasteiger partial charge < -0.3 is 26.2 Å². The van der Waals surface area contributed by atoms with E-state index >= 15 is 0 Å². The highest BCUT2D eigenvalue weighted by Gasteiger charge is 2.38. The first-order valence-electron chi connectivity index (χ1n) is 9.74. The van der Waals surface area contributed by atoms with Gasteiger partial charge >= 0.3 is 12.1 Å². The van der Waals surface area contributed by atoms with E-state index in [1.807, 2.05) is 18.2 Å². The van der Waals surface area contributed by atoms with Gasteiger partial charge in [-0.15, -0.1) is 0 Å². The molecule has 3 aromatic rings. The highest BCUT2D eigenvalue weighted by Crippen LogP contribution is 2.28. The van der Waals surface area contributed by atoms with Crippen molar-refractivity contribution in [2.24, 2.45) is 0 Å². The maximum atomic E-state index is 12.2. The van der Waals surface area contributed by atoms with E-state index in [0.29, 0.717) is 22.8 Å². The first-order valence-corrected chi connectivity index (χ1v) is 9.74. The van der Waals surface area contributed by atoms with Gasteiger partial charge in [0.1, 0.15) is 5.75 Å². The molecule has 0 spiro atoms. The number of anilines is 3. The van der Waals surface area contributed by atoms with Gasteiger partial charge in [-0.3, -0.25) is 9.59 Å². The molecule has 0 unspecified atom stereocenters. The maximum absolute atomic E-state index is 12.2. The molecule has 13 heteroatoms. The number of nitrogen functional groups attached to an aromatic ring is 1. The van der Waals surface area contributed by atoms with Crippen molar-refractivity contribution in [1.82, 2.24) is 9.97 Å². The summed E-state index contributed by atoms with van der Waals surface area (Å²) in [6.45, 7) is 1.23. The summed E-state index contributed by atoms with van der Waals surface area (Å²) in [4.78, 5) is 40.7. The molecule has 0 saturated carbocycles. The first kappa shape index (κ1) is 26.6. The van der Waals surface area contributed by atoms with Gasteiger partial charge in [-0.05, 0) is 30.3 Å². The number of nitrogens with one attached hydrogen (secondary N) is 2. The van der Waals surface area contributed by atoms with Crippen molar-refractivity contribution in [1.29, 1.82) is 0 Å². The number of nitrogens with zero attached hydrogens (tertiary/aromatic N) is 2. The Hall–Kier alpha value is -4.68. The van der Waals surface area contributed by atoms with Crippen LogP contribution in [0, 0.1) is 0 Å². The third kappa shape index (κ3) is 9.00. The van der Waals surface area contributed by atoms with Crippen molar-refractivity contribution in [3.05, 3.63) is 60.8 Å². The fourth-order valence-corrected chi connectivity index (χ4v) is 2.49. The van der Waals surface area contributed by atoms with Crippen LogP contribution in [0.4, 0.5) is 30.5 Å². The zero-order valence-electron chi connectivity index (χ0n) is 18.2. The van der Waals surface area contributed by atoms with E-state index in [4.69, 9.17) is 20.4 Å². The SMILES string of the molecule is CC(=O)Nc1cc(-c2ccnc(N)n2)ccc1NC(=O)COc1ccccc1.O=C(O)C(F)(F)F. The molecule has 184 valence electrons. The number of benzene rings is 2. The standard InChI is InChI=1S/C20H19N5O3.C2HF3O2/c1-13(26)23-18-11-14(16-9-10-22-20(21)25-16)7-8-17(18)24-19(27)12-28-15-5-3-2-4-6-15;3-2(4,5)1(6)7/h2-11H,12H2,1H3,(H,23,26)(H,24,27)(H2,21,22,25);(H,6,7). The van der Waals surface area contributed by atoms with E-state index in [-0.39, 0.29) is 24.4 Å². The lowest BCUT2D eigenvalue weighted by atomic mass is 10.1. The molecule has 3 rings (SSSR count). The van der Waals surface area contributed by atoms with E-state index < -0.39 is 12.1 Å². The van der Waals surface area contributed by atoms with Gasteiger partial charge in [0.15, 0.2) is 6.61 Å². The second-order valence-electron chi connectivity index (χ2n) is 6.69. The summed E-state index contributed by atoms with van der Waals surface area (Å²) in [5.41, 5.74) is 7.84. The minimum atomic E-state index is -5.08. The molecule has 0 radical (unpaired) electrons. The monoisotopic (exact) mass is 491 g/mol. The van der Waals surface area contributed by atoms with Crippen molar-refractivity contribution in [3.63, 3.8) is 0 Å². The molecule has 0 atom stereocenters. The van der Waals surface area contributed by atoms with E-state index in [9.17, 15) is 22.8 Å². The molecule has 1 heterocycles. The number of aliphatic carboxylic acids is 1. The Kier molecular flexibility index (Phi) is 9.09. The Balaban J connectivity index is 0.000000540. The molecule has 0 aliphatic rings. The summed E-state index contributed by atoms with van der Waals surface area (Å²) in [5, 5.41) is 12.6. The van der Waals surface area contributed by atoms with Crippen molar-refractivity contribution in [2.45, 2.75) is 13.1 Å². The van der Waals surface area contributed by atoms with Crippen LogP contribution in [-0.2, 0) is 14.4 Å². The Bertz CT molecular complexity index is 1190. The van der Waals surface area contributed by atoms with Gasteiger partial charge in [-0.2, -0.15) is 13.2 Å². The molecule has 0 aliphatic carbocycles. The predicted molar refractivity (Wildman–Crippen MR) is 120 cm³/mol. The second-order valence-corrected chi connectivity index (χ2v) is 6.69. The molecule has 0 bridgehead atoms. The summed E-state index contributed by atoms with van der Waals surface area (Å²) in [7, 11) is 0. The number of hydrogen-bond acceptors (Lipinski definition) is 7. The van der Waals surface area contributed by atoms with Gasteiger partial charge in [0.2, 0.25) is 11.9 Å². The quantitative estimate of drug-likeness (QED) is 0.409. The number of aromatic nitrogens is 2. The molecule has 1 aromatic heterocycles. The van der Waals surface area contributed by atoms with Crippen LogP contribution in [0.2, 0.25) is 0 Å². The number of amides is 2. The summed E-state index contributed by atoms with van der Waals surface area (Å²) >= 11 is 0. The van der Waals surface area contributed by atoms with E-state index in [1.54, 1.807) is 42.6 Å². The predicted octanol–water partition coefficient (Wildman–Crippen LogP) is 3.34. The number of rotatable bonds is 6. The number of alkyl halides is 3. The molecule has 10 nitrogen and oxygen atoms in total. The number of halogens is 3. The number of hydrogen-bond donors (Lipinski definition) is 4. The van der Waals surface area contributed by atoms with Crippen LogP contribution in [0.5, 0.6) is 5.75 Å². The Labute approximate surface area is 197 Å². The van der Waals surface area contributed by atoms with Crippen LogP contribution >= 0.6 is 0 Å². The van der Waals surface area contributed by atoms with Crippen molar-refractivity contribution in [3.8, 4) is 17.0 Å². The number of nitrogens with two attached hydrogens (primary N) is 1. The van der Waals surface area contributed by atoms with E-state index in [2.05, 4.69) is 20.6 Å². The number of carbonyl (C=O) groups is 3. The maximum Gasteiger partial charge on any atom is 0.490 e. The van der Waals surface area contributed by atoms with Crippen molar-refractivity contribution in [2.75, 3.05) is 23.0 Å². The van der Waals surface area contributed by atoms with Gasteiger partial charge in [-0.1, -0.05) is 24.3 Å². The number of para-hydroxylation sites is 1. The molecular formula is C22H20F3N5O5. The number of carbonyl (C=O) groups excluding carboxylic acids is 2. The van der Waals surface area contributed by atoms with E-state index in [0.717, 1.165) is 5.56 Å². The average molecular weight is 491 g/mol. The topological polar surface area (TPSA) is 157 Å². The highest BCUT2D eigenvalue weighted by atomic mass is 19.4. The lowest BCUT2D eigenvalue weighted by molar-refractivity contribution is -0.192. The zero-order valence-corrected chi connectivity index (χ0v) is 18.2. The minimum Gasteiger partial charge on any atom is -0.484 e. The molecule has 0 aliphatic heterocycles. The molecule has 5 N–H and O–H groups in total. The summed E-state index contributed by atoms with van der Waals surface area (Å²) < 4.78 is 37.2. The van der Waals surface area contributed by atoms with Gasteiger partial charge in [0, 0.05) is 18.7 Å². The van der Waals surface area contributed by atoms with E-state index in [1.165, 1.54) is 6.92 Å². The van der Waals surface area contributed by atoms with Crippen LogP contribution in [-0.4, -0.2) is 45.6 Å². The highest BCUT2D eigenvalue weighted by molar-refractivity contribution is 6.00. The number of carboxylic acids is 1. The average Bonchev–Trinajstić information content (AvgIpc) is 2.79. The second kappa shape index (κ2) is 12.0. The molecule has 0 saturated heterocycles. The largest absolute Gasteiger partial charge is 0.490 e. The number of ether oxygens (including phenoxy) is 1. The molecule has 2 amide bonds. The molecule has 2 aromatic carbocycles. The van der Waals surface area contributed by atoms with Gasteiger partial charge in [-0.25, -0.2) is 14.8 Å².